The van der Waals surface area contributed by atoms with Crippen molar-refractivity contribution in [1.82, 2.24) is 4.72 Å². The maximum Gasteiger partial charge on any atom is 0.333 e. The highest BCUT2D eigenvalue weighted by molar-refractivity contribution is 7.89. The van der Waals surface area contributed by atoms with Crippen molar-refractivity contribution in [2.75, 3.05) is 12.4 Å². The third-order valence-corrected chi connectivity index (χ3v) is 4.33. The number of hydrogen-bond donors (Lipinski definition) is 3. The van der Waals surface area contributed by atoms with E-state index in [1.807, 2.05) is 4.72 Å². The molecule has 130 valence electrons. The Hall–Kier alpha value is -2.52. The maximum atomic E-state index is 12.1. The molecule has 1 aromatic carbocycles. The number of anilines is 1. The molecule has 0 spiro atoms. The molecule has 0 unspecified atom stereocenters. The molecule has 1 aromatic heterocycles. The molecule has 0 saturated heterocycles. The molecule has 2 rings (SSSR count). The van der Waals surface area contributed by atoms with Gasteiger partial charge in [0.2, 0.25) is 5.09 Å². The van der Waals surface area contributed by atoms with Crippen molar-refractivity contribution in [3.05, 3.63) is 42.2 Å². The fraction of sp³-hybridized carbons (Fsp3) is 0.267. The van der Waals surface area contributed by atoms with Gasteiger partial charge in [-0.2, -0.15) is 8.42 Å². The smallest absolute Gasteiger partial charge is 0.333 e. The lowest BCUT2D eigenvalue weighted by Crippen LogP contribution is -2.34. The summed E-state index contributed by atoms with van der Waals surface area (Å²) in [5.41, 5.74) is -0.686. The van der Waals surface area contributed by atoms with Gasteiger partial charge >= 0.3 is 6.03 Å². The van der Waals surface area contributed by atoms with Crippen molar-refractivity contribution in [3.63, 3.8) is 0 Å². The Balaban J connectivity index is 2.14. The number of amides is 2. The number of nitrogens with one attached hydrogen (secondary N) is 2. The van der Waals surface area contributed by atoms with Crippen LogP contribution in [0, 0.1) is 0 Å². The van der Waals surface area contributed by atoms with Gasteiger partial charge in [-0.3, -0.25) is 0 Å². The van der Waals surface area contributed by atoms with Crippen molar-refractivity contribution in [3.8, 4) is 5.75 Å². The molecule has 2 amide bonds. The fourth-order valence-electron chi connectivity index (χ4n) is 1.85. The largest absolute Gasteiger partial charge is 0.495 e. The molecule has 0 radical (unpaired) electrons. The van der Waals surface area contributed by atoms with Crippen molar-refractivity contribution in [2.45, 2.75) is 24.5 Å². The van der Waals surface area contributed by atoms with Crippen molar-refractivity contribution >= 4 is 21.7 Å². The predicted octanol–water partition coefficient (Wildman–Crippen LogP) is 2.03. The van der Waals surface area contributed by atoms with Crippen molar-refractivity contribution in [1.29, 1.82) is 0 Å². The van der Waals surface area contributed by atoms with Crippen LogP contribution in [0.25, 0.3) is 0 Å². The first-order valence-corrected chi connectivity index (χ1v) is 8.40. The van der Waals surface area contributed by atoms with E-state index in [9.17, 15) is 18.3 Å². The number of aliphatic hydroxyl groups is 1. The second-order valence-corrected chi connectivity index (χ2v) is 7.09. The minimum absolute atomic E-state index is 0.271. The Bertz CT molecular complexity index is 836. The summed E-state index contributed by atoms with van der Waals surface area (Å²) in [5.74, 6) is 0.382. The predicted molar refractivity (Wildman–Crippen MR) is 86.3 cm³/mol. The lowest BCUT2D eigenvalue weighted by molar-refractivity contribution is 0.0779. The van der Waals surface area contributed by atoms with Crippen LogP contribution < -0.4 is 14.8 Å². The molecule has 2 aromatic rings. The first-order valence-electron chi connectivity index (χ1n) is 6.91. The maximum absolute atomic E-state index is 12.1. The first kappa shape index (κ1) is 17.8. The average molecular weight is 354 g/mol. The Kier molecular flexibility index (Phi) is 4.86. The number of methoxy groups -OCH3 is 1. The van der Waals surface area contributed by atoms with Crippen LogP contribution in [0.5, 0.6) is 5.75 Å². The fourth-order valence-corrected chi connectivity index (χ4v) is 2.70. The summed E-state index contributed by atoms with van der Waals surface area (Å²) in [4.78, 5) is 11.9. The number of furan rings is 1. The summed E-state index contributed by atoms with van der Waals surface area (Å²) in [5, 5.41) is 11.7. The van der Waals surface area contributed by atoms with Crippen LogP contribution in [-0.4, -0.2) is 26.7 Å². The number of para-hydroxylation sites is 2. The topological polar surface area (TPSA) is 118 Å². The lowest BCUT2D eigenvalue weighted by atomic mass is 10.0. The van der Waals surface area contributed by atoms with Crippen LogP contribution in [0.3, 0.4) is 0 Å². The van der Waals surface area contributed by atoms with Gasteiger partial charge in [-0.1, -0.05) is 12.1 Å². The van der Waals surface area contributed by atoms with E-state index in [2.05, 4.69) is 5.32 Å². The molecular formula is C15H18N2O6S. The van der Waals surface area contributed by atoms with E-state index in [1.54, 1.807) is 24.3 Å². The first-order chi connectivity index (χ1) is 11.1. The normalized spacial score (nSPS) is 11.8. The molecule has 3 N–H and O–H groups in total. The number of sulfonamides is 1. The molecule has 1 heterocycles. The van der Waals surface area contributed by atoms with Gasteiger partial charge in [-0.15, -0.1) is 0 Å². The Morgan fingerprint density at radius 3 is 2.54 bits per heavy atom. The van der Waals surface area contributed by atoms with Crippen LogP contribution in [0.2, 0.25) is 0 Å². The third-order valence-electron chi connectivity index (χ3n) is 3.13. The summed E-state index contributed by atoms with van der Waals surface area (Å²) >= 11 is 0. The van der Waals surface area contributed by atoms with E-state index in [4.69, 9.17) is 9.15 Å². The van der Waals surface area contributed by atoms with E-state index < -0.39 is 26.7 Å². The molecule has 0 aliphatic carbocycles. The average Bonchev–Trinajstić information content (AvgIpc) is 2.98. The van der Waals surface area contributed by atoms with E-state index in [-0.39, 0.29) is 5.56 Å². The van der Waals surface area contributed by atoms with Gasteiger partial charge in [-0.05, 0) is 26.0 Å². The van der Waals surface area contributed by atoms with E-state index >= 15 is 0 Å². The van der Waals surface area contributed by atoms with Gasteiger partial charge in [0.15, 0.2) is 0 Å². The summed E-state index contributed by atoms with van der Waals surface area (Å²) in [6.45, 7) is 2.96. The Morgan fingerprint density at radius 2 is 1.96 bits per heavy atom. The number of rotatable bonds is 5. The van der Waals surface area contributed by atoms with Crippen LogP contribution >= 0.6 is 0 Å². The zero-order valence-electron chi connectivity index (χ0n) is 13.4. The van der Waals surface area contributed by atoms with E-state index in [1.165, 1.54) is 21.0 Å². The molecule has 0 aliphatic heterocycles. The van der Waals surface area contributed by atoms with Gasteiger partial charge in [0.05, 0.1) is 24.7 Å². The van der Waals surface area contributed by atoms with Crippen LogP contribution in [-0.2, 0) is 15.6 Å². The molecule has 0 bridgehead atoms. The van der Waals surface area contributed by atoms with Crippen molar-refractivity contribution < 1.29 is 27.5 Å². The van der Waals surface area contributed by atoms with Gasteiger partial charge in [0, 0.05) is 11.6 Å². The molecular weight excluding hydrogens is 336 g/mol. The molecule has 0 fully saturated rings. The number of benzene rings is 1. The van der Waals surface area contributed by atoms with Gasteiger partial charge in [-0.25, -0.2) is 9.52 Å². The number of carbonyl (C=O) groups excluding carboxylic acids is 1. The van der Waals surface area contributed by atoms with Crippen LogP contribution in [0.1, 0.15) is 19.4 Å². The number of carbonyl (C=O) groups is 1. The zero-order valence-corrected chi connectivity index (χ0v) is 14.2. The third kappa shape index (κ3) is 4.06. The molecule has 0 saturated carbocycles. The highest BCUT2D eigenvalue weighted by atomic mass is 32.2. The quantitative estimate of drug-likeness (QED) is 0.756. The minimum atomic E-state index is -4.22. The summed E-state index contributed by atoms with van der Waals surface area (Å²) in [6.07, 6.45) is 1.12. The molecule has 24 heavy (non-hydrogen) atoms. The van der Waals surface area contributed by atoms with Gasteiger partial charge < -0.3 is 19.6 Å². The van der Waals surface area contributed by atoms with Crippen LogP contribution in [0.15, 0.2) is 46.1 Å². The second kappa shape index (κ2) is 6.54. The summed E-state index contributed by atoms with van der Waals surface area (Å²) < 4.78 is 36.1. The summed E-state index contributed by atoms with van der Waals surface area (Å²) in [7, 11) is -2.79. The van der Waals surface area contributed by atoms with E-state index in [0.717, 1.165) is 12.3 Å². The highest BCUT2D eigenvalue weighted by Crippen LogP contribution is 2.25. The second-order valence-electron chi connectivity index (χ2n) is 5.47. The van der Waals surface area contributed by atoms with Gasteiger partial charge in [0.1, 0.15) is 5.75 Å². The van der Waals surface area contributed by atoms with E-state index in [0.29, 0.717) is 11.4 Å². The molecule has 8 nitrogen and oxygen atoms in total. The van der Waals surface area contributed by atoms with Crippen LogP contribution in [0.4, 0.5) is 10.5 Å². The number of hydrogen-bond acceptors (Lipinski definition) is 6. The molecule has 0 atom stereocenters. The Morgan fingerprint density at radius 1 is 1.29 bits per heavy atom. The Labute approximate surface area is 139 Å². The van der Waals surface area contributed by atoms with Crippen molar-refractivity contribution in [2.24, 2.45) is 0 Å². The molecule has 9 heteroatoms. The summed E-state index contributed by atoms with van der Waals surface area (Å²) in [6, 6.07) is 6.73. The van der Waals surface area contributed by atoms with Gasteiger partial charge in [0.25, 0.3) is 10.0 Å². The monoisotopic (exact) mass is 354 g/mol. The highest BCUT2D eigenvalue weighted by Gasteiger charge is 2.26. The number of urea groups is 1. The number of ether oxygens (including phenoxy) is 1. The zero-order chi connectivity index (χ0) is 18.0. The lowest BCUT2D eigenvalue weighted by Gasteiger charge is -2.13. The minimum Gasteiger partial charge on any atom is -0.495 e. The standard InChI is InChI=1S/C15H18N2O6S/c1-15(2,19)10-8-13(23-9-10)24(20,21)17-14(18)16-11-6-4-5-7-12(11)22-3/h4-9,19H,1-3H3,(H2,16,17,18). The molecule has 0 aliphatic rings. The SMILES string of the molecule is COc1ccccc1NC(=O)NS(=O)(=O)c1cc(C(C)(C)O)co1.